The van der Waals surface area contributed by atoms with E-state index >= 15 is 0 Å². The molecule has 111 valence electrons. The van der Waals surface area contributed by atoms with Crippen LogP contribution in [0.3, 0.4) is 0 Å². The molecule has 1 aliphatic carbocycles. The molecule has 0 fully saturated rings. The molecule has 1 unspecified atom stereocenters. The summed E-state index contributed by atoms with van der Waals surface area (Å²) < 4.78 is 79.0. The summed E-state index contributed by atoms with van der Waals surface area (Å²) in [5, 5.41) is -0.372. The van der Waals surface area contributed by atoms with Crippen LogP contribution < -0.4 is 5.22 Å². The maximum atomic E-state index is 13.2. The second-order valence-corrected chi connectivity index (χ2v) is 7.61. The number of halogens is 6. The second-order valence-electron chi connectivity index (χ2n) is 5.07. The third-order valence-electron chi connectivity index (χ3n) is 3.42. The summed E-state index contributed by atoms with van der Waals surface area (Å²) in [4.78, 5) is 0.319. The molecular formula is C13H10BF6Si. The Labute approximate surface area is 119 Å². The van der Waals surface area contributed by atoms with Gasteiger partial charge in [0.1, 0.15) is 0 Å². The van der Waals surface area contributed by atoms with Crippen LogP contribution >= 0.6 is 0 Å². The summed E-state index contributed by atoms with van der Waals surface area (Å²) in [6, 6.07) is 4.12. The summed E-state index contributed by atoms with van der Waals surface area (Å²) >= 11 is 0. The van der Waals surface area contributed by atoms with E-state index in [1.807, 2.05) is 0 Å². The predicted octanol–water partition coefficient (Wildman–Crippen LogP) is 2.87. The van der Waals surface area contributed by atoms with Crippen molar-refractivity contribution in [2.75, 3.05) is 0 Å². The standard InChI is InChI=1S/C13H10BF6Si/c1-21(2)7-5-3-4-6-8(7)9(12(15,16)17)10(11(6)14)13(18,19)20/h3-5,10H,1-2H3. The van der Waals surface area contributed by atoms with Gasteiger partial charge in [0.2, 0.25) is 0 Å². The number of alkyl halides is 6. The third kappa shape index (κ3) is 2.65. The molecule has 0 saturated heterocycles. The molecule has 8 heteroatoms. The van der Waals surface area contributed by atoms with Crippen molar-refractivity contribution in [1.82, 2.24) is 0 Å². The SMILES string of the molecule is [B]=C1c2cccc(=[Si](C)C)c2=C(C(F)(F)F)C1C(F)(F)F. The zero-order chi connectivity index (χ0) is 16.2. The molecule has 0 aliphatic heterocycles. The first kappa shape index (κ1) is 16.2. The van der Waals surface area contributed by atoms with Crippen molar-refractivity contribution in [3.05, 3.63) is 33.8 Å². The van der Waals surface area contributed by atoms with Gasteiger partial charge in [0.25, 0.3) is 0 Å². The van der Waals surface area contributed by atoms with Gasteiger partial charge < -0.3 is 0 Å². The van der Waals surface area contributed by atoms with Gasteiger partial charge in [-0.2, -0.15) is 0 Å². The van der Waals surface area contributed by atoms with E-state index in [-0.39, 0.29) is 10.8 Å². The van der Waals surface area contributed by atoms with E-state index in [4.69, 9.17) is 7.49 Å². The van der Waals surface area contributed by atoms with Crippen LogP contribution in [0.5, 0.6) is 0 Å². The molecule has 0 saturated carbocycles. The van der Waals surface area contributed by atoms with Crippen molar-refractivity contribution in [1.29, 1.82) is 0 Å². The van der Waals surface area contributed by atoms with E-state index in [0.29, 0.717) is 4.81 Å². The van der Waals surface area contributed by atoms with Gasteiger partial charge in [-0.15, -0.1) is 0 Å². The summed E-state index contributed by atoms with van der Waals surface area (Å²) in [5.74, 6) is -2.78. The minimum absolute atomic E-state index is 0.145. The molecule has 0 heterocycles. The van der Waals surface area contributed by atoms with Crippen molar-refractivity contribution < 1.29 is 26.3 Å². The van der Waals surface area contributed by atoms with E-state index in [1.54, 1.807) is 13.1 Å². The number of rotatable bonds is 0. The van der Waals surface area contributed by atoms with Gasteiger partial charge in [0, 0.05) is 0 Å². The van der Waals surface area contributed by atoms with Crippen LogP contribution in [0.4, 0.5) is 26.3 Å². The van der Waals surface area contributed by atoms with Gasteiger partial charge in [0.15, 0.2) is 0 Å². The fraction of sp³-hybridized carbons (Fsp3) is 0.385. The van der Waals surface area contributed by atoms with E-state index in [0.717, 1.165) is 0 Å². The summed E-state index contributed by atoms with van der Waals surface area (Å²) in [5.41, 5.74) is -2.49. The van der Waals surface area contributed by atoms with E-state index in [2.05, 4.69) is 0 Å². The Balaban J connectivity index is 3.05. The first-order valence-corrected chi connectivity index (χ1v) is 8.53. The molecule has 0 bridgehead atoms. The van der Waals surface area contributed by atoms with Crippen LogP contribution in [0.2, 0.25) is 13.1 Å². The molecule has 1 radical (unpaired) electrons. The summed E-state index contributed by atoms with van der Waals surface area (Å²) in [6.07, 6.45) is -10.1. The average molecular weight is 319 g/mol. The zero-order valence-electron chi connectivity index (χ0n) is 11.2. The van der Waals surface area contributed by atoms with Crippen molar-refractivity contribution in [2.24, 2.45) is 5.92 Å². The van der Waals surface area contributed by atoms with Crippen molar-refractivity contribution in [3.8, 4) is 0 Å². The van der Waals surface area contributed by atoms with Crippen LogP contribution in [0.1, 0.15) is 5.56 Å². The van der Waals surface area contributed by atoms with Crippen LogP contribution in [-0.4, -0.2) is 33.7 Å². The fourth-order valence-corrected chi connectivity index (χ4v) is 3.80. The molecule has 1 atom stereocenters. The molecule has 0 N–H and O–H groups in total. The van der Waals surface area contributed by atoms with E-state index < -0.39 is 37.7 Å². The van der Waals surface area contributed by atoms with Gasteiger partial charge >= 0.3 is 118 Å². The molecule has 1 aliphatic rings. The molecule has 2 rings (SSSR count). The van der Waals surface area contributed by atoms with Gasteiger partial charge in [-0.05, 0) is 0 Å². The number of fused-ring (bicyclic) bond motifs is 1. The molecule has 1 aromatic rings. The molecule has 21 heavy (non-hydrogen) atoms. The Hall–Kier alpha value is -1.18. The number of hydrogen-bond acceptors (Lipinski definition) is 0. The Morgan fingerprint density at radius 3 is 2.05 bits per heavy atom. The maximum absolute atomic E-state index is 13.2. The van der Waals surface area contributed by atoms with Crippen molar-refractivity contribution >= 4 is 26.9 Å². The molecule has 0 nitrogen and oxygen atoms in total. The predicted molar refractivity (Wildman–Crippen MR) is 71.3 cm³/mol. The third-order valence-corrected chi connectivity index (χ3v) is 4.91. The van der Waals surface area contributed by atoms with Crippen molar-refractivity contribution in [2.45, 2.75) is 25.4 Å². The number of hydrogen-bond donors (Lipinski definition) is 0. The van der Waals surface area contributed by atoms with E-state index in [9.17, 15) is 26.3 Å². The minimum atomic E-state index is -5.08. The Morgan fingerprint density at radius 1 is 1.05 bits per heavy atom. The zero-order valence-corrected chi connectivity index (χ0v) is 12.2. The average Bonchev–Trinajstić information content (AvgIpc) is 2.62. The molecule has 0 aromatic heterocycles. The van der Waals surface area contributed by atoms with Gasteiger partial charge in [-0.3, -0.25) is 0 Å². The molecular weight excluding hydrogens is 309 g/mol. The van der Waals surface area contributed by atoms with Crippen LogP contribution in [-0.2, 0) is 0 Å². The monoisotopic (exact) mass is 319 g/mol. The fourth-order valence-electron chi connectivity index (χ4n) is 2.60. The normalized spacial score (nSPS) is 18.9. The summed E-state index contributed by atoms with van der Waals surface area (Å²) in [6.45, 7) is 3.46. The van der Waals surface area contributed by atoms with Gasteiger partial charge in [-0.25, -0.2) is 0 Å². The number of benzene rings is 1. The quantitative estimate of drug-likeness (QED) is 0.510. The van der Waals surface area contributed by atoms with Gasteiger partial charge in [0.05, 0.1) is 0 Å². The Kier molecular flexibility index (Phi) is 3.80. The van der Waals surface area contributed by atoms with Gasteiger partial charge in [-0.1, -0.05) is 0 Å². The topological polar surface area (TPSA) is 0 Å². The first-order valence-electron chi connectivity index (χ1n) is 6.03. The van der Waals surface area contributed by atoms with Crippen LogP contribution in [0.25, 0.3) is 5.57 Å². The molecule has 0 spiro atoms. The molecule has 1 aromatic carbocycles. The Bertz CT molecular complexity index is 724. The Morgan fingerprint density at radius 2 is 1.62 bits per heavy atom. The summed E-state index contributed by atoms with van der Waals surface area (Å²) in [7, 11) is 4.04. The van der Waals surface area contributed by atoms with Crippen LogP contribution in [0, 0.1) is 10.7 Å². The molecule has 0 amide bonds. The van der Waals surface area contributed by atoms with Crippen LogP contribution in [0.15, 0.2) is 18.2 Å². The first-order chi connectivity index (χ1) is 9.46. The second kappa shape index (κ2) is 4.93. The van der Waals surface area contributed by atoms with E-state index in [1.165, 1.54) is 18.2 Å². The van der Waals surface area contributed by atoms with Crippen molar-refractivity contribution in [3.63, 3.8) is 0 Å².